The van der Waals surface area contributed by atoms with Gasteiger partial charge in [-0.15, -0.1) is 62.5 Å². The molecular formula is C78H85Cl2SiZr-3. The topological polar surface area (TPSA) is 0 Å². The molecule has 82 heavy (non-hydrogen) atoms. The van der Waals surface area contributed by atoms with Crippen molar-refractivity contribution in [2.75, 3.05) is 0 Å². The molecule has 4 heteroatoms. The van der Waals surface area contributed by atoms with E-state index in [2.05, 4.69) is 299 Å². The first-order chi connectivity index (χ1) is 38.7. The number of fused-ring (bicyclic) bond motifs is 5. The van der Waals surface area contributed by atoms with E-state index < -0.39 is 20.8 Å². The maximum atomic E-state index is 4.93. The summed E-state index contributed by atoms with van der Waals surface area (Å²) in [5.41, 5.74) is 22.2. The van der Waals surface area contributed by atoms with Crippen molar-refractivity contribution in [1.29, 1.82) is 0 Å². The van der Waals surface area contributed by atoms with Gasteiger partial charge in [0.05, 0.1) is 9.52 Å². The average Bonchev–Trinajstić information content (AvgIpc) is 4.03. The Balaban J connectivity index is 0.000000169. The molecule has 0 N–H and O–H groups in total. The minimum atomic E-state index is -0.826. The van der Waals surface area contributed by atoms with Crippen molar-refractivity contribution in [1.82, 2.24) is 0 Å². The largest absolute Gasteiger partial charge is 0.184 e. The molecule has 0 saturated carbocycles. The Hall–Kier alpha value is -5.34. The predicted molar refractivity (Wildman–Crippen MR) is 360 cm³/mol. The van der Waals surface area contributed by atoms with E-state index in [4.69, 9.17) is 17.0 Å². The van der Waals surface area contributed by atoms with Crippen LogP contribution in [0.25, 0.3) is 77.2 Å². The van der Waals surface area contributed by atoms with Crippen molar-refractivity contribution < 1.29 is 20.8 Å². The zero-order chi connectivity index (χ0) is 59.3. The van der Waals surface area contributed by atoms with Crippen LogP contribution in [0.1, 0.15) is 144 Å². The van der Waals surface area contributed by atoms with Gasteiger partial charge in [-0.2, -0.15) is 41.6 Å². The molecule has 0 unspecified atom stereocenters. The second kappa shape index (κ2) is 26.3. The zero-order valence-electron chi connectivity index (χ0n) is 51.7. The van der Waals surface area contributed by atoms with Crippen LogP contribution in [0, 0.1) is 17.9 Å². The molecule has 10 aromatic carbocycles. The van der Waals surface area contributed by atoms with Gasteiger partial charge in [0.25, 0.3) is 0 Å². The summed E-state index contributed by atoms with van der Waals surface area (Å²) in [4.78, 5) is 0. The Morgan fingerprint density at radius 1 is 0.415 bits per heavy atom. The van der Waals surface area contributed by atoms with Crippen LogP contribution in [0.2, 0.25) is 0 Å². The van der Waals surface area contributed by atoms with Gasteiger partial charge in [-0.25, -0.2) is 0 Å². The Morgan fingerprint density at radius 3 is 1.16 bits per heavy atom. The minimum Gasteiger partial charge on any atom is -0.184 e. The van der Waals surface area contributed by atoms with E-state index in [9.17, 15) is 0 Å². The van der Waals surface area contributed by atoms with Gasteiger partial charge in [0.15, 0.2) is 0 Å². The van der Waals surface area contributed by atoms with Crippen molar-refractivity contribution in [3.05, 3.63) is 228 Å². The van der Waals surface area contributed by atoms with Crippen LogP contribution in [0.3, 0.4) is 0 Å². The monoisotopic (exact) mass is 1210 g/mol. The molecule has 10 aromatic rings. The van der Waals surface area contributed by atoms with Crippen molar-refractivity contribution >= 4 is 58.5 Å². The van der Waals surface area contributed by atoms with Crippen molar-refractivity contribution in [2.45, 2.75) is 145 Å². The molecule has 0 amide bonds. The van der Waals surface area contributed by atoms with Gasteiger partial charge in [-0.05, 0) is 102 Å². The normalized spacial score (nSPS) is 12.3. The molecule has 0 fully saturated rings. The van der Waals surface area contributed by atoms with Gasteiger partial charge in [0.1, 0.15) is 0 Å². The van der Waals surface area contributed by atoms with E-state index in [1.165, 1.54) is 121 Å². The van der Waals surface area contributed by atoms with Gasteiger partial charge in [0, 0.05) is 0 Å². The first kappa shape index (κ1) is 62.7. The molecular weight excluding hydrogens is 1130 g/mol. The fourth-order valence-corrected chi connectivity index (χ4v) is 12.5. The summed E-state index contributed by atoms with van der Waals surface area (Å²) in [5.74, 6) is 1.30. The minimum absolute atomic E-state index is 0.0889. The Kier molecular flexibility index (Phi) is 20.1. The standard InChI is InChI=1S/2C33H39.C12H7Si.2ClH.Zr/c2*1-22(2)16-23-17-25-14-15-29(24-12-10-9-11-13-24)31(30(25)18-23)26-19-27(32(3,4)5)21-28(20-26)33(6,7)8;1-3-7-11-9(5-1)10-6-2-4-8-12(10)13-11;;;/h2*9-15,17-22H,16H2,1-8H3;1-7H;2*1H;/q3*-1;;;+2/p-2. The molecule has 0 bridgehead atoms. The van der Waals surface area contributed by atoms with Crippen LogP contribution >= 0.6 is 17.0 Å². The molecule has 1 aliphatic heterocycles. The van der Waals surface area contributed by atoms with Gasteiger partial charge in [-0.1, -0.05) is 266 Å². The Morgan fingerprint density at radius 2 is 0.780 bits per heavy atom. The Labute approximate surface area is 515 Å². The fraction of sp³-hybridized carbons (Fsp3) is 0.308. The molecule has 2 radical (unpaired) electrons. The summed E-state index contributed by atoms with van der Waals surface area (Å²) in [5, 5.41) is 8.26. The number of benzene rings is 8. The maximum Gasteiger partial charge on any atom is 0.0920 e. The second-order valence-electron chi connectivity index (χ2n) is 27.4. The van der Waals surface area contributed by atoms with Crippen LogP contribution in [0.15, 0.2) is 188 Å². The van der Waals surface area contributed by atoms with Crippen LogP contribution in [-0.2, 0) is 55.3 Å². The predicted octanol–water partition coefficient (Wildman–Crippen LogP) is 21.9. The number of hydrogen-bond donors (Lipinski definition) is 0. The van der Waals surface area contributed by atoms with E-state index in [0.717, 1.165) is 22.4 Å². The third-order valence-corrected chi connectivity index (χ3v) is 17.0. The first-order valence-corrected chi connectivity index (χ1v) is 36.8. The van der Waals surface area contributed by atoms with Crippen LogP contribution in [-0.4, -0.2) is 9.52 Å². The van der Waals surface area contributed by atoms with Crippen molar-refractivity contribution in [3.63, 3.8) is 0 Å². The quantitative estimate of drug-likeness (QED) is 0.105. The molecule has 0 atom stereocenters. The molecule has 1 heterocycles. The van der Waals surface area contributed by atoms with Crippen LogP contribution in [0.5, 0.6) is 0 Å². The van der Waals surface area contributed by atoms with Crippen LogP contribution < -0.4 is 10.4 Å². The third-order valence-electron chi connectivity index (χ3n) is 15.6. The summed E-state index contributed by atoms with van der Waals surface area (Å²) in [7, 11) is 10.7. The van der Waals surface area contributed by atoms with E-state index in [-0.39, 0.29) is 21.7 Å². The summed E-state index contributed by atoms with van der Waals surface area (Å²) < 4.78 is 0. The zero-order valence-corrected chi connectivity index (χ0v) is 56.7. The van der Waals surface area contributed by atoms with E-state index >= 15 is 0 Å². The smallest absolute Gasteiger partial charge is 0.0920 e. The molecule has 0 aromatic heterocycles. The number of hydrogen-bond acceptors (Lipinski definition) is 0. The number of rotatable bonds is 8. The third kappa shape index (κ3) is 15.3. The molecule has 0 saturated heterocycles. The molecule has 11 rings (SSSR count). The molecule has 0 aliphatic carbocycles. The van der Waals surface area contributed by atoms with E-state index in [1.807, 2.05) is 6.07 Å². The average molecular weight is 1210 g/mol. The molecule has 0 nitrogen and oxygen atoms in total. The summed E-state index contributed by atoms with van der Waals surface area (Å²) in [6.07, 6.45) is 2.23. The van der Waals surface area contributed by atoms with Gasteiger partial charge in [-0.3, -0.25) is 0 Å². The summed E-state index contributed by atoms with van der Waals surface area (Å²) >= 11 is -0.826. The molecule has 1 aliphatic rings. The summed E-state index contributed by atoms with van der Waals surface area (Å²) in [6, 6.07) is 73.4. The van der Waals surface area contributed by atoms with E-state index in [1.54, 1.807) is 0 Å². The Bertz CT molecular complexity index is 3440. The van der Waals surface area contributed by atoms with Crippen molar-refractivity contribution in [2.24, 2.45) is 11.8 Å². The second-order valence-corrected chi connectivity index (χ2v) is 32.5. The summed E-state index contributed by atoms with van der Waals surface area (Å²) in [6.45, 7) is 37.0. The van der Waals surface area contributed by atoms with Crippen molar-refractivity contribution in [3.8, 4) is 55.6 Å². The fourth-order valence-electron chi connectivity index (χ4n) is 11.2. The SMILES string of the molecule is CC(C)Cc1cc2c(-c3cc(C(C)(C)C)cc(C(C)(C)C)c3)c(-c3ccccc3)ccc2[cH-]1.CC(C)Cc1cc2c(-c3cc(C(C)(C)C)cc(C(C)(C)C)c3)c(-c3ccccc3)ccc2[cH-]1.[Cl][Zr][Cl].[c-]1cccc2c1[Si]c1ccccc1-2. The van der Waals surface area contributed by atoms with Crippen LogP contribution in [0.4, 0.5) is 0 Å². The maximum absolute atomic E-state index is 4.93. The first-order valence-electron chi connectivity index (χ1n) is 29.4. The van der Waals surface area contributed by atoms with Gasteiger partial charge < -0.3 is 0 Å². The molecule has 422 valence electrons. The van der Waals surface area contributed by atoms with Gasteiger partial charge in [0.2, 0.25) is 0 Å². The molecule has 0 spiro atoms. The van der Waals surface area contributed by atoms with Gasteiger partial charge >= 0.3 is 37.9 Å². The number of halogens is 2. The van der Waals surface area contributed by atoms with E-state index in [0.29, 0.717) is 11.8 Å².